The Hall–Kier alpha value is -3.86. The molecule has 0 bridgehead atoms. The number of fused-ring (bicyclic) bond motifs is 1. The molecule has 0 N–H and O–H groups in total. The maximum absolute atomic E-state index is 12.8. The first kappa shape index (κ1) is 21.4. The molecule has 0 saturated heterocycles. The van der Waals surface area contributed by atoms with Crippen molar-refractivity contribution in [3.63, 3.8) is 0 Å². The summed E-state index contributed by atoms with van der Waals surface area (Å²) in [6.45, 7) is 4.17. The zero-order chi connectivity index (χ0) is 22.7. The topological polar surface area (TPSA) is 65.7 Å². The zero-order valence-corrected chi connectivity index (χ0v) is 18.3. The number of carbonyl (C=O) groups excluding carboxylic acids is 1. The summed E-state index contributed by atoms with van der Waals surface area (Å²) in [5.74, 6) is 0.271. The number of hydrogen-bond acceptors (Lipinski definition) is 5. The Morgan fingerprint density at radius 3 is 2.28 bits per heavy atom. The van der Waals surface area contributed by atoms with Crippen molar-refractivity contribution in [1.29, 1.82) is 0 Å². The van der Waals surface area contributed by atoms with E-state index in [9.17, 15) is 9.59 Å². The Morgan fingerprint density at radius 1 is 0.875 bits per heavy atom. The minimum atomic E-state index is -0.375. The lowest BCUT2D eigenvalue weighted by atomic mass is 9.98. The molecule has 0 aliphatic rings. The number of hydrogen-bond donors (Lipinski definition) is 0. The fraction of sp³-hybridized carbons (Fsp3) is 0.185. The lowest BCUT2D eigenvalue weighted by molar-refractivity contribution is 0.0600. The highest BCUT2D eigenvalue weighted by Gasteiger charge is 2.16. The molecule has 3 aromatic carbocycles. The zero-order valence-electron chi connectivity index (χ0n) is 18.3. The first-order valence-corrected chi connectivity index (χ1v) is 10.4. The van der Waals surface area contributed by atoms with Crippen LogP contribution >= 0.6 is 0 Å². The van der Waals surface area contributed by atoms with E-state index in [0.29, 0.717) is 35.5 Å². The van der Waals surface area contributed by atoms with Crippen molar-refractivity contribution in [3.8, 4) is 5.75 Å². The average molecular weight is 428 g/mol. The van der Waals surface area contributed by atoms with Crippen molar-refractivity contribution < 1.29 is 18.7 Å². The highest BCUT2D eigenvalue weighted by Crippen LogP contribution is 2.30. The van der Waals surface area contributed by atoms with Gasteiger partial charge in [0, 0.05) is 22.9 Å². The molecule has 4 aromatic rings. The van der Waals surface area contributed by atoms with Gasteiger partial charge in [0.2, 0.25) is 0 Å². The minimum absolute atomic E-state index is 0.322. The third kappa shape index (κ3) is 4.28. The van der Waals surface area contributed by atoms with Gasteiger partial charge in [-0.2, -0.15) is 0 Å². The van der Waals surface area contributed by atoms with Gasteiger partial charge in [0.05, 0.1) is 12.7 Å². The Labute approximate surface area is 186 Å². The van der Waals surface area contributed by atoms with Crippen LogP contribution in [0.4, 0.5) is 0 Å². The van der Waals surface area contributed by atoms with Gasteiger partial charge in [-0.05, 0) is 54.8 Å². The van der Waals surface area contributed by atoms with Crippen LogP contribution in [0, 0.1) is 13.8 Å². The monoisotopic (exact) mass is 428 g/mol. The van der Waals surface area contributed by atoms with Crippen LogP contribution in [0.1, 0.15) is 38.2 Å². The summed E-state index contributed by atoms with van der Waals surface area (Å²) in [5.41, 5.74) is 5.06. The number of esters is 1. The molecule has 0 atom stereocenters. The Balaban J connectivity index is 1.59. The summed E-state index contributed by atoms with van der Waals surface area (Å²) in [6, 6.07) is 20.8. The van der Waals surface area contributed by atoms with Crippen LogP contribution in [0.5, 0.6) is 5.75 Å². The Bertz CT molecular complexity index is 1320. The molecule has 0 radical (unpaired) electrons. The van der Waals surface area contributed by atoms with Crippen molar-refractivity contribution in [3.05, 3.63) is 111 Å². The third-order valence-corrected chi connectivity index (χ3v) is 5.65. The fourth-order valence-corrected chi connectivity index (χ4v) is 3.75. The summed E-state index contributed by atoms with van der Waals surface area (Å²) >= 11 is 0. The van der Waals surface area contributed by atoms with Crippen LogP contribution in [0.3, 0.4) is 0 Å². The summed E-state index contributed by atoms with van der Waals surface area (Å²) in [4.78, 5) is 24.3. The van der Waals surface area contributed by atoms with Crippen LogP contribution in [0.25, 0.3) is 11.0 Å². The van der Waals surface area contributed by atoms with Gasteiger partial charge in [-0.3, -0.25) is 0 Å². The van der Waals surface area contributed by atoms with Crippen LogP contribution in [-0.2, 0) is 17.8 Å². The second kappa shape index (κ2) is 9.10. The summed E-state index contributed by atoms with van der Waals surface area (Å²) < 4.78 is 16.4. The Kier molecular flexibility index (Phi) is 6.08. The van der Waals surface area contributed by atoms with Gasteiger partial charge in [-0.1, -0.05) is 42.5 Å². The molecule has 0 amide bonds. The number of carbonyl (C=O) groups is 1. The van der Waals surface area contributed by atoms with E-state index in [1.54, 1.807) is 12.1 Å². The predicted octanol–water partition coefficient (Wildman–Crippen LogP) is 5.37. The molecule has 0 spiro atoms. The standard InChI is InChI=1S/C27H24O5/c1-17-22-13-14-24(31-16-20-9-11-21(12-10-20)26(28)30-3)18(2)25(22)32-27(29)23(17)15-19-7-5-4-6-8-19/h4-14H,15-16H2,1-3H3. The molecular formula is C27H24O5. The maximum atomic E-state index is 12.8. The van der Waals surface area contributed by atoms with Crippen LogP contribution in [0.15, 0.2) is 75.9 Å². The summed E-state index contributed by atoms with van der Waals surface area (Å²) in [5, 5.41) is 0.905. The molecule has 32 heavy (non-hydrogen) atoms. The van der Waals surface area contributed by atoms with Gasteiger partial charge in [0.25, 0.3) is 0 Å². The lowest BCUT2D eigenvalue weighted by Gasteiger charge is -2.13. The van der Waals surface area contributed by atoms with E-state index >= 15 is 0 Å². The van der Waals surface area contributed by atoms with Gasteiger partial charge in [-0.15, -0.1) is 0 Å². The van der Waals surface area contributed by atoms with Crippen molar-refractivity contribution in [2.75, 3.05) is 7.11 Å². The minimum Gasteiger partial charge on any atom is -0.488 e. The molecule has 162 valence electrons. The Morgan fingerprint density at radius 2 is 1.59 bits per heavy atom. The van der Waals surface area contributed by atoms with Crippen molar-refractivity contribution >= 4 is 16.9 Å². The van der Waals surface area contributed by atoms with E-state index < -0.39 is 0 Å². The SMILES string of the molecule is COC(=O)c1ccc(COc2ccc3c(C)c(Cc4ccccc4)c(=O)oc3c2C)cc1. The molecular weight excluding hydrogens is 404 g/mol. The molecule has 5 heteroatoms. The quantitative estimate of drug-likeness (QED) is 0.305. The summed E-state index contributed by atoms with van der Waals surface area (Å²) in [6.07, 6.45) is 0.532. The van der Waals surface area contributed by atoms with Crippen LogP contribution < -0.4 is 10.4 Å². The summed E-state index contributed by atoms with van der Waals surface area (Å²) in [7, 11) is 1.35. The molecule has 1 aromatic heterocycles. The highest BCUT2D eigenvalue weighted by molar-refractivity contribution is 5.89. The molecule has 0 aliphatic heterocycles. The second-order valence-corrected chi connectivity index (χ2v) is 7.70. The molecule has 5 nitrogen and oxygen atoms in total. The molecule has 0 aliphatic carbocycles. The van der Waals surface area contributed by atoms with Gasteiger partial charge < -0.3 is 13.9 Å². The fourth-order valence-electron chi connectivity index (χ4n) is 3.75. The lowest BCUT2D eigenvalue weighted by Crippen LogP contribution is -2.11. The largest absolute Gasteiger partial charge is 0.488 e. The van der Waals surface area contributed by atoms with E-state index in [4.69, 9.17) is 13.9 Å². The number of benzene rings is 3. The number of rotatable bonds is 6. The van der Waals surface area contributed by atoms with Crippen LogP contribution in [0.2, 0.25) is 0 Å². The second-order valence-electron chi connectivity index (χ2n) is 7.70. The number of methoxy groups -OCH3 is 1. The van der Waals surface area contributed by atoms with Crippen molar-refractivity contribution in [2.45, 2.75) is 26.9 Å². The smallest absolute Gasteiger partial charge is 0.340 e. The van der Waals surface area contributed by atoms with Gasteiger partial charge in [0.1, 0.15) is 17.9 Å². The third-order valence-electron chi connectivity index (χ3n) is 5.65. The highest BCUT2D eigenvalue weighted by atomic mass is 16.5. The number of ether oxygens (including phenoxy) is 2. The van der Waals surface area contributed by atoms with E-state index in [-0.39, 0.29) is 11.6 Å². The van der Waals surface area contributed by atoms with E-state index in [1.165, 1.54) is 7.11 Å². The van der Waals surface area contributed by atoms with Crippen molar-refractivity contribution in [2.24, 2.45) is 0 Å². The number of aryl methyl sites for hydroxylation is 2. The predicted molar refractivity (Wildman–Crippen MR) is 123 cm³/mol. The van der Waals surface area contributed by atoms with E-state index in [2.05, 4.69) is 0 Å². The molecule has 0 fully saturated rings. The van der Waals surface area contributed by atoms with Gasteiger partial charge in [-0.25, -0.2) is 9.59 Å². The van der Waals surface area contributed by atoms with Crippen LogP contribution in [-0.4, -0.2) is 13.1 Å². The van der Waals surface area contributed by atoms with Gasteiger partial charge in [0.15, 0.2) is 0 Å². The normalized spacial score (nSPS) is 10.8. The molecule has 1 heterocycles. The maximum Gasteiger partial charge on any atom is 0.340 e. The van der Waals surface area contributed by atoms with Crippen molar-refractivity contribution in [1.82, 2.24) is 0 Å². The van der Waals surface area contributed by atoms with Gasteiger partial charge >= 0.3 is 11.6 Å². The molecule has 4 rings (SSSR count). The van der Waals surface area contributed by atoms with E-state index in [1.807, 2.05) is 68.4 Å². The molecule has 0 unspecified atom stereocenters. The average Bonchev–Trinajstić information content (AvgIpc) is 2.82. The van der Waals surface area contributed by atoms with E-state index in [0.717, 1.165) is 27.6 Å². The first-order chi connectivity index (χ1) is 15.5. The first-order valence-electron chi connectivity index (χ1n) is 10.4. The molecule has 0 saturated carbocycles.